The number of likely N-dealkylation sites (tertiary alicyclic amines) is 2. The van der Waals surface area contributed by atoms with Gasteiger partial charge in [0, 0.05) is 48.3 Å². The Hall–Kier alpha value is -7.32. The van der Waals surface area contributed by atoms with Crippen molar-refractivity contribution in [3.8, 4) is 11.1 Å². The molecule has 0 saturated carbocycles. The maximum atomic E-state index is 14.4. The predicted octanol–water partition coefficient (Wildman–Crippen LogP) is 10.5. The SMILES string of the molecule is COC(=O)N[C@H](C(=O)N1CCC[C@H]1N(C(=O)O)c1ccc2c(c1)C(CCCCC(F)(F)F)(CCCCC(F)(F)F)c1cc(NC(=O)[C@@H]3CCCN3C(=O)[C@H](OC(N)=O)c3ccccc3)ccc1-2)c1ccccc1. The molecule has 15 nitrogen and oxygen atoms in total. The highest BCUT2D eigenvalue weighted by Crippen LogP contribution is 2.56. The lowest BCUT2D eigenvalue weighted by molar-refractivity contribution is -0.144. The van der Waals surface area contributed by atoms with Crippen LogP contribution in [0.15, 0.2) is 97.1 Å². The van der Waals surface area contributed by atoms with Gasteiger partial charge in [-0.3, -0.25) is 19.3 Å². The lowest BCUT2D eigenvalue weighted by atomic mass is 9.70. The van der Waals surface area contributed by atoms with Crippen LogP contribution in [0.4, 0.5) is 52.1 Å². The van der Waals surface area contributed by atoms with E-state index in [1.807, 2.05) is 0 Å². The van der Waals surface area contributed by atoms with Gasteiger partial charge in [0.25, 0.3) is 11.8 Å². The number of nitrogens with two attached hydrogens (primary N) is 1. The van der Waals surface area contributed by atoms with Crippen molar-refractivity contribution in [1.29, 1.82) is 0 Å². The number of benzene rings is 4. The minimum Gasteiger partial charge on any atom is -0.465 e. The molecule has 0 unspecified atom stereocenters. The Labute approximate surface area is 417 Å². The molecule has 73 heavy (non-hydrogen) atoms. The van der Waals surface area contributed by atoms with Gasteiger partial charge in [0.2, 0.25) is 12.0 Å². The Morgan fingerprint density at radius 3 is 1.88 bits per heavy atom. The monoisotopic (exact) mass is 1020 g/mol. The van der Waals surface area contributed by atoms with Crippen molar-refractivity contribution >= 4 is 47.4 Å². The van der Waals surface area contributed by atoms with E-state index in [9.17, 15) is 60.2 Å². The second-order valence-corrected chi connectivity index (χ2v) is 18.4. The van der Waals surface area contributed by atoms with Crippen molar-refractivity contribution in [3.63, 3.8) is 0 Å². The van der Waals surface area contributed by atoms with Gasteiger partial charge in [-0.15, -0.1) is 0 Å². The van der Waals surface area contributed by atoms with Gasteiger partial charge >= 0.3 is 30.6 Å². The number of methoxy groups -OCH3 is 1. The van der Waals surface area contributed by atoms with Crippen LogP contribution >= 0.6 is 0 Å². The number of alkyl carbamates (subject to hydrolysis) is 1. The first-order chi connectivity index (χ1) is 34.7. The second-order valence-electron chi connectivity index (χ2n) is 18.4. The van der Waals surface area contributed by atoms with E-state index in [2.05, 4.69) is 10.6 Å². The quantitative estimate of drug-likeness (QED) is 0.0553. The number of unbranched alkanes of at least 4 members (excludes halogenated alkanes) is 2. The van der Waals surface area contributed by atoms with Crippen molar-refractivity contribution in [2.45, 2.75) is 119 Å². The summed E-state index contributed by atoms with van der Waals surface area (Å²) in [7, 11) is 1.13. The number of amides is 6. The van der Waals surface area contributed by atoms with Crippen LogP contribution < -0.4 is 21.3 Å². The fourth-order valence-corrected chi connectivity index (χ4v) is 10.5. The summed E-state index contributed by atoms with van der Waals surface area (Å²) in [5.74, 6) is -1.93. The van der Waals surface area contributed by atoms with Gasteiger partial charge in [-0.1, -0.05) is 85.6 Å². The summed E-state index contributed by atoms with van der Waals surface area (Å²) < 4.78 is 91.7. The van der Waals surface area contributed by atoms with Crippen LogP contribution in [-0.2, 0) is 29.3 Å². The van der Waals surface area contributed by atoms with E-state index in [0.717, 1.165) is 12.0 Å². The minimum absolute atomic E-state index is 0.0132. The fraction of sp³-hybridized carbons (Fsp3) is 0.423. The van der Waals surface area contributed by atoms with Crippen LogP contribution in [0.5, 0.6) is 0 Å². The molecule has 0 radical (unpaired) electrons. The molecule has 0 aromatic heterocycles. The number of ether oxygens (including phenoxy) is 2. The van der Waals surface area contributed by atoms with Gasteiger partial charge < -0.3 is 40.7 Å². The average Bonchev–Trinajstić information content (AvgIpc) is 4.10. The Morgan fingerprint density at radius 1 is 0.740 bits per heavy atom. The number of hydrogen-bond donors (Lipinski definition) is 4. The first-order valence-electron chi connectivity index (χ1n) is 24.0. The van der Waals surface area contributed by atoms with E-state index in [1.54, 1.807) is 91.0 Å². The van der Waals surface area contributed by atoms with E-state index in [1.165, 1.54) is 15.9 Å². The Bertz CT molecular complexity index is 2630. The molecule has 4 aromatic rings. The van der Waals surface area contributed by atoms with Crippen molar-refractivity contribution in [3.05, 3.63) is 119 Å². The first-order valence-corrected chi connectivity index (χ1v) is 24.0. The minimum atomic E-state index is -4.50. The molecular weight excluding hydrogens is 967 g/mol. The maximum Gasteiger partial charge on any atom is 0.413 e. The Kier molecular flexibility index (Phi) is 16.6. The van der Waals surface area contributed by atoms with Gasteiger partial charge in [0.15, 0.2) is 0 Å². The van der Waals surface area contributed by atoms with E-state index >= 15 is 0 Å². The molecule has 4 aromatic carbocycles. The van der Waals surface area contributed by atoms with Gasteiger partial charge in [-0.2, -0.15) is 26.3 Å². The van der Waals surface area contributed by atoms with Crippen LogP contribution in [0.1, 0.15) is 111 Å². The zero-order chi connectivity index (χ0) is 52.7. The van der Waals surface area contributed by atoms with Crippen LogP contribution in [-0.4, -0.2) is 95.7 Å². The Morgan fingerprint density at radius 2 is 1.30 bits per heavy atom. The van der Waals surface area contributed by atoms with E-state index in [4.69, 9.17) is 15.2 Å². The molecule has 0 spiro atoms. The lowest BCUT2D eigenvalue weighted by Crippen LogP contribution is -2.53. The summed E-state index contributed by atoms with van der Waals surface area (Å²) in [6.45, 7) is 0.246. The zero-order valence-corrected chi connectivity index (χ0v) is 39.8. The molecule has 1 aliphatic carbocycles. The van der Waals surface area contributed by atoms with Crippen LogP contribution in [0.25, 0.3) is 11.1 Å². The van der Waals surface area contributed by atoms with Gasteiger partial charge in [0.05, 0.1) is 7.11 Å². The van der Waals surface area contributed by atoms with Gasteiger partial charge in [-0.25, -0.2) is 14.4 Å². The molecule has 0 bridgehead atoms. The summed E-state index contributed by atoms with van der Waals surface area (Å²) in [6.07, 6.45) is -17.0. The smallest absolute Gasteiger partial charge is 0.413 e. The third-order valence-electron chi connectivity index (χ3n) is 13.8. The highest BCUT2D eigenvalue weighted by Gasteiger charge is 2.46. The molecule has 2 saturated heterocycles. The second kappa shape index (κ2) is 22.6. The van der Waals surface area contributed by atoms with Crippen molar-refractivity contribution in [2.75, 3.05) is 30.4 Å². The number of carbonyl (C=O) groups is 6. The normalized spacial score (nSPS) is 17.7. The van der Waals surface area contributed by atoms with Gasteiger partial charge in [0.1, 0.15) is 18.2 Å². The zero-order valence-electron chi connectivity index (χ0n) is 39.8. The topological polar surface area (TPSA) is 201 Å². The molecule has 7 rings (SSSR count). The number of rotatable bonds is 18. The molecule has 5 N–H and O–H groups in total. The number of alkyl halides is 6. The number of hydrogen-bond acceptors (Lipinski definition) is 8. The number of carboxylic acid groups (broad SMARTS) is 1. The summed E-state index contributed by atoms with van der Waals surface area (Å²) in [4.78, 5) is 84.1. The lowest BCUT2D eigenvalue weighted by Gasteiger charge is -2.37. The molecule has 2 aliphatic heterocycles. The average molecular weight is 1020 g/mol. The number of primary amides is 1. The fourth-order valence-electron chi connectivity index (χ4n) is 10.5. The number of halogens is 6. The molecule has 390 valence electrons. The van der Waals surface area contributed by atoms with Gasteiger partial charge in [-0.05, 0) is 103 Å². The van der Waals surface area contributed by atoms with Crippen molar-refractivity contribution in [2.24, 2.45) is 5.73 Å². The van der Waals surface area contributed by atoms with Crippen LogP contribution in [0, 0.1) is 0 Å². The first kappa shape index (κ1) is 53.5. The van der Waals surface area contributed by atoms with Crippen molar-refractivity contribution in [1.82, 2.24) is 15.1 Å². The molecule has 2 fully saturated rings. The van der Waals surface area contributed by atoms with Crippen LogP contribution in [0.2, 0.25) is 0 Å². The molecule has 2 heterocycles. The molecular formula is C52H56F6N6O9. The van der Waals surface area contributed by atoms with E-state index < -0.39 is 91.0 Å². The highest BCUT2D eigenvalue weighted by atomic mass is 19.4. The number of nitrogens with one attached hydrogen (secondary N) is 2. The molecule has 21 heteroatoms. The number of fused-ring (bicyclic) bond motifs is 3. The highest BCUT2D eigenvalue weighted by molar-refractivity contribution is 5.99. The summed E-state index contributed by atoms with van der Waals surface area (Å²) in [5.41, 5.74) is 7.03. The van der Waals surface area contributed by atoms with Crippen LogP contribution in [0.3, 0.4) is 0 Å². The number of carbonyl (C=O) groups excluding carboxylic acids is 5. The number of nitrogens with zero attached hydrogens (tertiary/aromatic N) is 3. The molecule has 4 atom stereocenters. The molecule has 6 amide bonds. The maximum absolute atomic E-state index is 14.4. The molecule has 3 aliphatic rings. The third-order valence-corrected chi connectivity index (χ3v) is 13.8. The summed E-state index contributed by atoms with van der Waals surface area (Å²) >= 11 is 0. The largest absolute Gasteiger partial charge is 0.465 e. The third kappa shape index (κ3) is 12.5. The summed E-state index contributed by atoms with van der Waals surface area (Å²) in [5, 5.41) is 16.4. The van der Waals surface area contributed by atoms with E-state index in [0.29, 0.717) is 46.2 Å². The predicted molar refractivity (Wildman–Crippen MR) is 255 cm³/mol. The number of anilines is 2. The van der Waals surface area contributed by atoms with E-state index in [-0.39, 0.29) is 75.8 Å². The van der Waals surface area contributed by atoms with Crippen molar-refractivity contribution < 1.29 is 69.7 Å². The summed E-state index contributed by atoms with van der Waals surface area (Å²) in [6, 6.07) is 23.7. The Balaban J connectivity index is 1.26. The standard InChI is InChI=1S/C52H56F6N6O9/c1-72-48(69)61-42(32-14-4-2-5-15-32)45(66)63-29-13-19-41(63)64(49(70)71)35-21-23-37-36-22-20-34(60-44(65)40-18-12-28-62(40)46(67)43(73-47(59)68)33-16-6-3-7-17-33)30-38(36)50(39(37)31-35,24-8-10-26-51(53,54)55)25-9-11-27-52(56,57)58/h2-7,14-17,20-23,30-31,40-43H,8-13,18-19,24-29H2,1H3,(H2,59,68)(H,60,65)(H,61,69)(H,70,71)/t40-,41+,42-,43+/m0/s1.